The Bertz CT molecular complexity index is 1380. The fraction of sp³-hybridized carbons (Fsp3) is 0.130. The molecule has 174 valence electrons. The van der Waals surface area contributed by atoms with Crippen molar-refractivity contribution in [3.8, 4) is 28.3 Å². The first-order chi connectivity index (χ1) is 16.2. The molecule has 0 fully saturated rings. The molecule has 3 N–H and O–H groups in total. The average molecular weight is 471 g/mol. The SMILES string of the molecule is COc1cc(-c2cccc(F)c2F)cc2c(NCC(F)(F)C(N)=O)nc(-c3cccnc3)nc12. The molecule has 2 aromatic carbocycles. The molecule has 34 heavy (non-hydrogen) atoms. The molecule has 0 radical (unpaired) electrons. The number of carbonyl (C=O) groups excluding carboxylic acids is 1. The van der Waals surface area contributed by atoms with Gasteiger partial charge in [-0.3, -0.25) is 9.78 Å². The second kappa shape index (κ2) is 8.93. The molecule has 4 aromatic rings. The molecule has 0 saturated heterocycles. The Morgan fingerprint density at radius 2 is 1.91 bits per heavy atom. The van der Waals surface area contributed by atoms with Crippen molar-refractivity contribution in [2.75, 3.05) is 19.0 Å². The summed E-state index contributed by atoms with van der Waals surface area (Å²) < 4.78 is 61.6. The van der Waals surface area contributed by atoms with Crippen LogP contribution < -0.4 is 15.8 Å². The number of benzene rings is 2. The van der Waals surface area contributed by atoms with E-state index < -0.39 is 30.0 Å². The molecule has 0 aliphatic heterocycles. The smallest absolute Gasteiger partial charge is 0.341 e. The molecule has 11 heteroatoms. The number of halogens is 4. The van der Waals surface area contributed by atoms with Gasteiger partial charge in [0.25, 0.3) is 5.91 Å². The molecule has 4 rings (SSSR count). The minimum Gasteiger partial charge on any atom is -0.494 e. The van der Waals surface area contributed by atoms with Crippen molar-refractivity contribution in [1.82, 2.24) is 15.0 Å². The topological polar surface area (TPSA) is 103 Å². The van der Waals surface area contributed by atoms with E-state index in [1.807, 2.05) is 0 Å². The lowest BCUT2D eigenvalue weighted by molar-refractivity contribution is -0.139. The first-order valence-electron chi connectivity index (χ1n) is 9.87. The van der Waals surface area contributed by atoms with Crippen LogP contribution in [0.3, 0.4) is 0 Å². The summed E-state index contributed by atoms with van der Waals surface area (Å²) >= 11 is 0. The Morgan fingerprint density at radius 3 is 2.59 bits per heavy atom. The predicted octanol–water partition coefficient (Wildman–Crippen LogP) is 4.18. The van der Waals surface area contributed by atoms with Crippen LogP contribution in [0.25, 0.3) is 33.4 Å². The molecule has 0 saturated carbocycles. The van der Waals surface area contributed by atoms with Gasteiger partial charge in [-0.25, -0.2) is 18.7 Å². The third-order valence-corrected chi connectivity index (χ3v) is 5.01. The van der Waals surface area contributed by atoms with E-state index >= 15 is 0 Å². The highest BCUT2D eigenvalue weighted by atomic mass is 19.3. The van der Waals surface area contributed by atoms with Gasteiger partial charge in [-0.15, -0.1) is 0 Å². The standard InChI is InChI=1S/C23H17F4N5O2/c1-34-17-9-13(14-5-2-6-16(24)18(14)25)8-15-19(17)31-20(12-4-3-7-29-10-12)32-21(15)30-11-23(26,27)22(28)33/h2-10H,11H2,1H3,(H2,28,33)(H,30,31,32). The summed E-state index contributed by atoms with van der Waals surface area (Å²) in [4.78, 5) is 23.9. The summed E-state index contributed by atoms with van der Waals surface area (Å²) in [5.74, 6) is -7.64. The Hall–Kier alpha value is -4.28. The molecule has 0 aliphatic rings. The van der Waals surface area contributed by atoms with Crippen molar-refractivity contribution in [2.24, 2.45) is 5.73 Å². The zero-order valence-electron chi connectivity index (χ0n) is 17.7. The Balaban J connectivity index is 1.96. The number of hydrogen-bond donors (Lipinski definition) is 2. The van der Waals surface area contributed by atoms with Crippen LogP contribution in [0.1, 0.15) is 0 Å². The summed E-state index contributed by atoms with van der Waals surface area (Å²) in [7, 11) is 1.35. The summed E-state index contributed by atoms with van der Waals surface area (Å²) in [6, 6.07) is 9.83. The van der Waals surface area contributed by atoms with Crippen LogP contribution >= 0.6 is 0 Å². The highest BCUT2D eigenvalue weighted by molar-refractivity contribution is 5.98. The van der Waals surface area contributed by atoms with Crippen molar-refractivity contribution in [1.29, 1.82) is 0 Å². The highest BCUT2D eigenvalue weighted by Crippen LogP contribution is 2.37. The van der Waals surface area contributed by atoms with E-state index in [2.05, 4.69) is 20.3 Å². The van der Waals surface area contributed by atoms with E-state index in [0.29, 0.717) is 5.56 Å². The number of hydrogen-bond acceptors (Lipinski definition) is 6. The first-order valence-corrected chi connectivity index (χ1v) is 9.87. The molecular formula is C23H17F4N5O2. The summed E-state index contributed by atoms with van der Waals surface area (Å²) in [6.07, 6.45) is 3.02. The van der Waals surface area contributed by atoms with Crippen molar-refractivity contribution in [2.45, 2.75) is 5.92 Å². The van der Waals surface area contributed by atoms with E-state index in [0.717, 1.165) is 6.07 Å². The minimum atomic E-state index is -3.87. The lowest BCUT2D eigenvalue weighted by Gasteiger charge is -2.17. The van der Waals surface area contributed by atoms with Gasteiger partial charge in [0.15, 0.2) is 17.5 Å². The number of pyridine rings is 1. The summed E-state index contributed by atoms with van der Waals surface area (Å²) in [5.41, 5.74) is 5.59. The third kappa shape index (κ3) is 4.32. The number of alkyl halides is 2. The molecule has 7 nitrogen and oxygen atoms in total. The fourth-order valence-electron chi connectivity index (χ4n) is 3.28. The maximum atomic E-state index is 14.5. The maximum absolute atomic E-state index is 14.5. The van der Waals surface area contributed by atoms with E-state index in [-0.39, 0.29) is 39.4 Å². The molecule has 1 amide bonds. The third-order valence-electron chi connectivity index (χ3n) is 5.01. The quantitative estimate of drug-likeness (QED) is 0.392. The number of methoxy groups -OCH3 is 1. The van der Waals surface area contributed by atoms with Crippen LogP contribution in [-0.4, -0.2) is 40.4 Å². The molecule has 2 heterocycles. The number of nitrogens with two attached hydrogens (primary N) is 1. The van der Waals surface area contributed by atoms with E-state index in [9.17, 15) is 22.4 Å². The van der Waals surface area contributed by atoms with Crippen LogP contribution in [0, 0.1) is 11.6 Å². The number of nitrogens with one attached hydrogen (secondary N) is 1. The number of primary amides is 1. The van der Waals surface area contributed by atoms with Crippen LogP contribution in [-0.2, 0) is 4.79 Å². The van der Waals surface area contributed by atoms with Gasteiger partial charge in [-0.1, -0.05) is 12.1 Å². The van der Waals surface area contributed by atoms with Crippen molar-refractivity contribution < 1.29 is 27.1 Å². The van der Waals surface area contributed by atoms with Crippen LogP contribution in [0.2, 0.25) is 0 Å². The van der Waals surface area contributed by atoms with Crippen LogP contribution in [0.5, 0.6) is 5.75 Å². The Morgan fingerprint density at radius 1 is 1.12 bits per heavy atom. The zero-order valence-corrected chi connectivity index (χ0v) is 17.7. The number of fused-ring (bicyclic) bond motifs is 1. The molecular weight excluding hydrogens is 454 g/mol. The molecule has 0 spiro atoms. The van der Waals surface area contributed by atoms with Gasteiger partial charge >= 0.3 is 5.92 Å². The maximum Gasteiger partial charge on any atom is 0.341 e. The zero-order chi connectivity index (χ0) is 24.5. The molecule has 0 bridgehead atoms. The number of rotatable bonds is 7. The summed E-state index contributed by atoms with van der Waals surface area (Å²) in [5, 5.41) is 2.60. The van der Waals surface area contributed by atoms with Gasteiger partial charge in [0, 0.05) is 28.9 Å². The second-order valence-electron chi connectivity index (χ2n) is 7.24. The average Bonchev–Trinajstić information content (AvgIpc) is 2.84. The van der Waals surface area contributed by atoms with Gasteiger partial charge in [0.05, 0.1) is 13.7 Å². The first kappa shape index (κ1) is 22.9. The van der Waals surface area contributed by atoms with Gasteiger partial charge in [0.2, 0.25) is 0 Å². The Kier molecular flexibility index (Phi) is 6.01. The number of ether oxygens (including phenoxy) is 1. The largest absolute Gasteiger partial charge is 0.494 e. The number of amides is 1. The van der Waals surface area contributed by atoms with Gasteiger partial charge in [0.1, 0.15) is 17.1 Å². The van der Waals surface area contributed by atoms with E-state index in [1.54, 1.807) is 12.1 Å². The van der Waals surface area contributed by atoms with E-state index in [4.69, 9.17) is 10.5 Å². The number of anilines is 1. The summed E-state index contributed by atoms with van der Waals surface area (Å²) in [6.45, 7) is -1.15. The normalized spacial score (nSPS) is 11.4. The number of nitrogens with zero attached hydrogens (tertiary/aromatic N) is 3. The predicted molar refractivity (Wildman–Crippen MR) is 117 cm³/mol. The monoisotopic (exact) mass is 471 g/mol. The lowest BCUT2D eigenvalue weighted by atomic mass is 10.0. The minimum absolute atomic E-state index is 0.0787. The molecule has 0 aliphatic carbocycles. The van der Waals surface area contributed by atoms with Gasteiger partial charge in [-0.05, 0) is 35.9 Å². The Labute approximate surface area is 190 Å². The lowest BCUT2D eigenvalue weighted by Crippen LogP contribution is -2.41. The molecule has 0 unspecified atom stereocenters. The van der Waals surface area contributed by atoms with Crippen LogP contribution in [0.15, 0.2) is 54.9 Å². The van der Waals surface area contributed by atoms with Crippen LogP contribution in [0.4, 0.5) is 23.4 Å². The molecule has 2 aromatic heterocycles. The fourth-order valence-corrected chi connectivity index (χ4v) is 3.28. The van der Waals surface area contributed by atoms with E-state index in [1.165, 1.54) is 43.8 Å². The highest BCUT2D eigenvalue weighted by Gasteiger charge is 2.36. The number of aromatic nitrogens is 3. The van der Waals surface area contributed by atoms with Gasteiger partial charge < -0.3 is 15.8 Å². The van der Waals surface area contributed by atoms with Crippen molar-refractivity contribution >= 4 is 22.6 Å². The van der Waals surface area contributed by atoms with Gasteiger partial charge in [-0.2, -0.15) is 8.78 Å². The second-order valence-corrected chi connectivity index (χ2v) is 7.24. The molecule has 0 atom stereocenters. The number of carbonyl (C=O) groups is 1. The van der Waals surface area contributed by atoms with Crippen molar-refractivity contribution in [3.63, 3.8) is 0 Å². The van der Waals surface area contributed by atoms with Crippen molar-refractivity contribution in [3.05, 3.63) is 66.5 Å².